The summed E-state index contributed by atoms with van der Waals surface area (Å²) in [5, 5.41) is 0. The molecule has 2 N–H and O–H groups in total. The van der Waals surface area contributed by atoms with E-state index in [0.717, 1.165) is 6.42 Å². The van der Waals surface area contributed by atoms with E-state index in [0.29, 0.717) is 44.1 Å². The lowest BCUT2D eigenvalue weighted by Crippen LogP contribution is -2.46. The van der Waals surface area contributed by atoms with Gasteiger partial charge < -0.3 is 15.5 Å². The molecule has 0 spiro atoms. The van der Waals surface area contributed by atoms with Crippen LogP contribution in [0.25, 0.3) is 0 Å². The first kappa shape index (κ1) is 17.5. The van der Waals surface area contributed by atoms with E-state index in [1.165, 1.54) is 0 Å². The molecule has 1 atom stereocenters. The third-order valence-electron chi connectivity index (χ3n) is 4.16. The minimum absolute atomic E-state index is 0.00714. The molecule has 0 bridgehead atoms. The fraction of sp³-hybridized carbons (Fsp3) is 0.556. The Kier molecular flexibility index (Phi) is 6.16. The molecule has 5 nitrogen and oxygen atoms in total. The van der Waals surface area contributed by atoms with Gasteiger partial charge in [0.1, 0.15) is 0 Å². The van der Waals surface area contributed by atoms with Crippen LogP contribution in [0.3, 0.4) is 0 Å². The van der Waals surface area contributed by atoms with Crippen LogP contribution in [0.1, 0.15) is 37.0 Å². The molecule has 1 heterocycles. The molecule has 1 fully saturated rings. The Morgan fingerprint density at radius 1 is 1.04 bits per heavy atom. The average molecular weight is 317 g/mol. The number of nitrogens with two attached hydrogens (primary N) is 1. The normalized spacial score (nSPS) is 17.0. The molecule has 0 radical (unpaired) electrons. The molecule has 0 saturated carbocycles. The summed E-state index contributed by atoms with van der Waals surface area (Å²) in [6, 6.07) is 8.85. The lowest BCUT2D eigenvalue weighted by molar-refractivity contribution is -0.132. The Morgan fingerprint density at radius 2 is 1.65 bits per heavy atom. The second-order valence-electron chi connectivity index (χ2n) is 6.57. The number of carbonyl (C=O) groups excluding carboxylic acids is 2. The van der Waals surface area contributed by atoms with Crippen LogP contribution in [-0.2, 0) is 4.79 Å². The molecule has 126 valence electrons. The molecule has 5 heteroatoms. The highest BCUT2D eigenvalue weighted by Crippen LogP contribution is 2.12. The molecule has 1 aromatic rings. The van der Waals surface area contributed by atoms with Crippen molar-refractivity contribution in [2.45, 2.75) is 32.7 Å². The largest absolute Gasteiger partial charge is 0.340 e. The number of hydrogen-bond acceptors (Lipinski definition) is 3. The van der Waals surface area contributed by atoms with Gasteiger partial charge in [0.25, 0.3) is 5.91 Å². The first-order chi connectivity index (χ1) is 11.0. The van der Waals surface area contributed by atoms with Crippen molar-refractivity contribution in [2.24, 2.45) is 11.7 Å². The van der Waals surface area contributed by atoms with E-state index in [4.69, 9.17) is 5.73 Å². The van der Waals surface area contributed by atoms with Gasteiger partial charge in [0.2, 0.25) is 5.91 Å². The van der Waals surface area contributed by atoms with Gasteiger partial charge in [-0.15, -0.1) is 0 Å². The highest BCUT2D eigenvalue weighted by molar-refractivity contribution is 5.94. The summed E-state index contributed by atoms with van der Waals surface area (Å²) in [6.45, 7) is 6.60. The van der Waals surface area contributed by atoms with Crippen molar-refractivity contribution in [3.8, 4) is 0 Å². The highest BCUT2D eigenvalue weighted by Gasteiger charge is 2.26. The van der Waals surface area contributed by atoms with Crippen LogP contribution in [0.15, 0.2) is 30.3 Å². The van der Waals surface area contributed by atoms with Crippen LogP contribution >= 0.6 is 0 Å². The minimum Gasteiger partial charge on any atom is -0.340 e. The van der Waals surface area contributed by atoms with Crippen LogP contribution < -0.4 is 5.73 Å². The first-order valence-electron chi connectivity index (χ1n) is 8.37. The zero-order valence-corrected chi connectivity index (χ0v) is 14.1. The third-order valence-corrected chi connectivity index (χ3v) is 4.16. The molecule has 23 heavy (non-hydrogen) atoms. The summed E-state index contributed by atoms with van der Waals surface area (Å²) in [5.74, 6) is 0.441. The van der Waals surface area contributed by atoms with Crippen molar-refractivity contribution in [1.29, 1.82) is 0 Å². The molecule has 0 unspecified atom stereocenters. The quantitative estimate of drug-likeness (QED) is 0.920. The van der Waals surface area contributed by atoms with Crippen molar-refractivity contribution < 1.29 is 9.59 Å². The van der Waals surface area contributed by atoms with E-state index < -0.39 is 6.04 Å². The molecule has 1 aliphatic heterocycles. The van der Waals surface area contributed by atoms with Crippen molar-refractivity contribution in [2.75, 3.05) is 26.2 Å². The molecule has 1 aliphatic rings. The topological polar surface area (TPSA) is 66.6 Å². The number of hydrogen-bond donors (Lipinski definition) is 1. The fourth-order valence-electron chi connectivity index (χ4n) is 2.95. The van der Waals surface area contributed by atoms with Crippen LogP contribution in [0.5, 0.6) is 0 Å². The van der Waals surface area contributed by atoms with Gasteiger partial charge in [-0.25, -0.2) is 0 Å². The summed E-state index contributed by atoms with van der Waals surface area (Å²) in [6.07, 6.45) is 1.49. The fourth-order valence-corrected chi connectivity index (χ4v) is 2.95. The zero-order valence-electron chi connectivity index (χ0n) is 14.1. The minimum atomic E-state index is -0.439. The van der Waals surface area contributed by atoms with Gasteiger partial charge >= 0.3 is 0 Å². The Hall–Kier alpha value is -1.88. The van der Waals surface area contributed by atoms with Gasteiger partial charge in [0.05, 0.1) is 6.04 Å². The van der Waals surface area contributed by atoms with Gasteiger partial charge in [0.15, 0.2) is 0 Å². The second kappa shape index (κ2) is 8.11. The Labute approximate surface area is 138 Å². The standard InChI is InChI=1S/C18H27N3O2/c1-14(2)13-16(19)18(23)21-10-6-9-20(11-12-21)17(22)15-7-4-3-5-8-15/h3-5,7-8,14,16H,6,9-13,19H2,1-2H3/t16-/m0/s1. The zero-order chi connectivity index (χ0) is 16.8. The molecule has 2 rings (SSSR count). The SMILES string of the molecule is CC(C)C[C@H](N)C(=O)N1CCCN(C(=O)c2ccccc2)CC1. The maximum atomic E-state index is 12.5. The average Bonchev–Trinajstić information content (AvgIpc) is 2.79. The molecule has 1 saturated heterocycles. The van der Waals surface area contributed by atoms with Crippen LogP contribution in [0.4, 0.5) is 0 Å². The van der Waals surface area contributed by atoms with E-state index in [1.54, 1.807) is 0 Å². The van der Waals surface area contributed by atoms with Gasteiger partial charge in [0, 0.05) is 31.7 Å². The van der Waals surface area contributed by atoms with Crippen molar-refractivity contribution in [3.05, 3.63) is 35.9 Å². The predicted octanol–water partition coefficient (Wildman–Crippen LogP) is 1.73. The third kappa shape index (κ3) is 4.79. The lowest BCUT2D eigenvalue weighted by Gasteiger charge is -2.25. The summed E-state index contributed by atoms with van der Waals surface area (Å²) < 4.78 is 0. The van der Waals surface area contributed by atoms with Crippen molar-refractivity contribution >= 4 is 11.8 Å². The number of rotatable bonds is 4. The smallest absolute Gasteiger partial charge is 0.253 e. The predicted molar refractivity (Wildman–Crippen MR) is 91.0 cm³/mol. The van der Waals surface area contributed by atoms with Gasteiger partial charge in [-0.3, -0.25) is 9.59 Å². The van der Waals surface area contributed by atoms with E-state index in [2.05, 4.69) is 13.8 Å². The number of nitrogens with zero attached hydrogens (tertiary/aromatic N) is 2. The van der Waals surface area contributed by atoms with Crippen LogP contribution in [-0.4, -0.2) is 53.8 Å². The van der Waals surface area contributed by atoms with E-state index in [1.807, 2.05) is 40.1 Å². The van der Waals surface area contributed by atoms with E-state index >= 15 is 0 Å². The van der Waals surface area contributed by atoms with Crippen molar-refractivity contribution in [3.63, 3.8) is 0 Å². The maximum Gasteiger partial charge on any atom is 0.253 e. The van der Waals surface area contributed by atoms with E-state index in [9.17, 15) is 9.59 Å². The number of benzene rings is 1. The van der Waals surface area contributed by atoms with Crippen LogP contribution in [0.2, 0.25) is 0 Å². The van der Waals surface area contributed by atoms with Crippen LogP contribution in [0, 0.1) is 5.92 Å². The van der Waals surface area contributed by atoms with Crippen molar-refractivity contribution in [1.82, 2.24) is 9.80 Å². The summed E-state index contributed by atoms with van der Waals surface area (Å²) >= 11 is 0. The monoisotopic (exact) mass is 317 g/mol. The van der Waals surface area contributed by atoms with Gasteiger partial charge in [-0.05, 0) is 30.9 Å². The molecule has 0 aromatic heterocycles. The Morgan fingerprint density at radius 3 is 2.30 bits per heavy atom. The summed E-state index contributed by atoms with van der Waals surface area (Å²) in [5.41, 5.74) is 6.71. The maximum absolute atomic E-state index is 12.5. The number of carbonyl (C=O) groups is 2. The highest BCUT2D eigenvalue weighted by atomic mass is 16.2. The lowest BCUT2D eigenvalue weighted by atomic mass is 10.0. The summed E-state index contributed by atoms with van der Waals surface area (Å²) in [4.78, 5) is 28.6. The number of amides is 2. The second-order valence-corrected chi connectivity index (χ2v) is 6.57. The molecule has 1 aromatic carbocycles. The molecule has 0 aliphatic carbocycles. The molecular weight excluding hydrogens is 290 g/mol. The Bertz CT molecular complexity index is 530. The summed E-state index contributed by atoms with van der Waals surface area (Å²) in [7, 11) is 0. The van der Waals surface area contributed by atoms with Gasteiger partial charge in [-0.1, -0.05) is 32.0 Å². The van der Waals surface area contributed by atoms with E-state index in [-0.39, 0.29) is 11.8 Å². The van der Waals surface area contributed by atoms with Gasteiger partial charge in [-0.2, -0.15) is 0 Å². The molecule has 2 amide bonds. The first-order valence-corrected chi connectivity index (χ1v) is 8.37. The Balaban J connectivity index is 1.94. The molecular formula is C18H27N3O2.